The van der Waals surface area contributed by atoms with Gasteiger partial charge in [-0.3, -0.25) is 0 Å². The van der Waals surface area contributed by atoms with Crippen LogP contribution in [0, 0.1) is 26.7 Å². The largest absolute Gasteiger partial charge is 0.490 e. The maximum absolute atomic E-state index is 10.2. The van der Waals surface area contributed by atoms with E-state index in [0.29, 0.717) is 6.61 Å². The molecule has 3 heteroatoms. The molecule has 0 radical (unpaired) electrons. The molecule has 2 N–H and O–H groups in total. The van der Waals surface area contributed by atoms with Crippen molar-refractivity contribution >= 4 is 0 Å². The molecule has 1 aliphatic heterocycles. The summed E-state index contributed by atoms with van der Waals surface area (Å²) in [5.41, 5.74) is 3.62. The normalized spacial score (nSPS) is 23.9. The molecule has 1 fully saturated rings. The summed E-state index contributed by atoms with van der Waals surface area (Å²) in [6, 6.07) is 4.22. The van der Waals surface area contributed by atoms with Crippen molar-refractivity contribution < 1.29 is 14.7 Å². The number of likely N-dealkylation sites (tertiary alicyclic amines) is 1. The monoisotopic (exact) mass is 292 g/mol. The van der Waals surface area contributed by atoms with Crippen LogP contribution in [0.3, 0.4) is 0 Å². The van der Waals surface area contributed by atoms with Gasteiger partial charge < -0.3 is 14.7 Å². The molecule has 0 aromatic heterocycles. The van der Waals surface area contributed by atoms with E-state index < -0.39 is 0 Å². The van der Waals surface area contributed by atoms with E-state index in [0.717, 1.165) is 18.2 Å². The minimum absolute atomic E-state index is 0.384. The maximum atomic E-state index is 10.2. The van der Waals surface area contributed by atoms with Crippen LogP contribution in [0.4, 0.5) is 0 Å². The average molecular weight is 292 g/mol. The zero-order chi connectivity index (χ0) is 15.4. The zero-order valence-electron chi connectivity index (χ0n) is 13.9. The summed E-state index contributed by atoms with van der Waals surface area (Å²) in [7, 11) is 0. The second kappa shape index (κ2) is 7.28. The molecular formula is C18H30NO2+. The Labute approximate surface area is 128 Å². The van der Waals surface area contributed by atoms with Crippen molar-refractivity contribution in [3.8, 4) is 5.75 Å². The molecule has 1 unspecified atom stereocenters. The number of aliphatic hydroxyl groups is 1. The predicted molar refractivity (Wildman–Crippen MR) is 86.1 cm³/mol. The number of quaternary nitrogens is 1. The molecular weight excluding hydrogens is 262 g/mol. The fourth-order valence-electron chi connectivity index (χ4n) is 3.31. The van der Waals surface area contributed by atoms with Gasteiger partial charge in [0.15, 0.2) is 0 Å². The Hall–Kier alpha value is -1.06. The zero-order valence-corrected chi connectivity index (χ0v) is 13.9. The summed E-state index contributed by atoms with van der Waals surface area (Å²) < 4.78 is 5.87. The van der Waals surface area contributed by atoms with Crippen LogP contribution >= 0.6 is 0 Å². The van der Waals surface area contributed by atoms with Crippen LogP contribution in [0.5, 0.6) is 5.75 Å². The second-order valence-electron chi connectivity index (χ2n) is 6.83. The summed E-state index contributed by atoms with van der Waals surface area (Å²) in [4.78, 5) is 1.52. The van der Waals surface area contributed by atoms with Gasteiger partial charge in [-0.15, -0.1) is 0 Å². The number of aliphatic hydroxyl groups excluding tert-OH is 1. The lowest BCUT2D eigenvalue weighted by Crippen LogP contribution is -3.14. The third-order valence-corrected chi connectivity index (χ3v) is 4.58. The van der Waals surface area contributed by atoms with E-state index in [1.54, 1.807) is 0 Å². The summed E-state index contributed by atoms with van der Waals surface area (Å²) in [5, 5.41) is 10.2. The predicted octanol–water partition coefficient (Wildman–Crippen LogP) is 1.67. The van der Waals surface area contributed by atoms with Crippen LogP contribution < -0.4 is 9.64 Å². The smallest absolute Gasteiger partial charge is 0.137 e. The van der Waals surface area contributed by atoms with Crippen molar-refractivity contribution in [3.05, 3.63) is 28.8 Å². The van der Waals surface area contributed by atoms with E-state index in [-0.39, 0.29) is 6.10 Å². The van der Waals surface area contributed by atoms with Crippen molar-refractivity contribution in [1.29, 1.82) is 0 Å². The molecule has 0 spiro atoms. The highest BCUT2D eigenvalue weighted by atomic mass is 16.5. The maximum Gasteiger partial charge on any atom is 0.137 e. The van der Waals surface area contributed by atoms with Crippen LogP contribution in [0.1, 0.15) is 36.5 Å². The molecule has 0 aliphatic carbocycles. The van der Waals surface area contributed by atoms with E-state index in [1.807, 2.05) is 0 Å². The van der Waals surface area contributed by atoms with Gasteiger partial charge in [0.05, 0.1) is 13.1 Å². The van der Waals surface area contributed by atoms with Gasteiger partial charge in [0.2, 0.25) is 0 Å². The Kier molecular flexibility index (Phi) is 5.65. The standard InChI is InChI=1S/C18H29NO2/c1-13-6-5-7-19(10-13)11-17(20)12-21-18-9-14(2)8-15(3)16(18)4/h8-9,13,17,20H,5-7,10-12H2,1-4H3/p+1/t13-,17+/m0/s1. The number of hydrogen-bond donors (Lipinski definition) is 2. The molecule has 3 nitrogen and oxygen atoms in total. The van der Waals surface area contributed by atoms with Crippen molar-refractivity contribution in [3.63, 3.8) is 0 Å². The van der Waals surface area contributed by atoms with E-state index in [4.69, 9.17) is 4.74 Å². The molecule has 1 aliphatic rings. The summed E-state index contributed by atoms with van der Waals surface area (Å²) in [6.45, 7) is 12.1. The summed E-state index contributed by atoms with van der Waals surface area (Å²) >= 11 is 0. The number of aryl methyl sites for hydroxylation is 2. The van der Waals surface area contributed by atoms with E-state index in [1.165, 1.54) is 47.5 Å². The molecule has 0 amide bonds. The molecule has 0 saturated carbocycles. The fraction of sp³-hybridized carbons (Fsp3) is 0.667. The van der Waals surface area contributed by atoms with E-state index in [9.17, 15) is 5.11 Å². The van der Waals surface area contributed by atoms with Gasteiger partial charge in [-0.1, -0.05) is 13.0 Å². The summed E-state index contributed by atoms with van der Waals surface area (Å²) in [6.07, 6.45) is 2.23. The molecule has 118 valence electrons. The van der Waals surface area contributed by atoms with Crippen LogP contribution in [-0.2, 0) is 0 Å². The Balaban J connectivity index is 1.85. The van der Waals surface area contributed by atoms with E-state index in [2.05, 4.69) is 39.8 Å². The van der Waals surface area contributed by atoms with Gasteiger partial charge >= 0.3 is 0 Å². The number of hydrogen-bond acceptors (Lipinski definition) is 2. The topological polar surface area (TPSA) is 33.9 Å². The first-order valence-electron chi connectivity index (χ1n) is 8.18. The van der Waals surface area contributed by atoms with Crippen molar-refractivity contribution in [2.75, 3.05) is 26.2 Å². The number of ether oxygens (including phenoxy) is 1. The van der Waals surface area contributed by atoms with Crippen molar-refractivity contribution in [2.24, 2.45) is 5.92 Å². The average Bonchev–Trinajstić information content (AvgIpc) is 2.41. The Morgan fingerprint density at radius 3 is 2.81 bits per heavy atom. The second-order valence-corrected chi connectivity index (χ2v) is 6.83. The van der Waals surface area contributed by atoms with Crippen LogP contribution in [0.2, 0.25) is 0 Å². The van der Waals surface area contributed by atoms with E-state index >= 15 is 0 Å². The lowest BCUT2D eigenvalue weighted by Gasteiger charge is -2.29. The lowest BCUT2D eigenvalue weighted by molar-refractivity contribution is -0.911. The number of nitrogens with one attached hydrogen (secondary N) is 1. The fourth-order valence-corrected chi connectivity index (χ4v) is 3.31. The van der Waals surface area contributed by atoms with Gasteiger partial charge in [0.1, 0.15) is 25.0 Å². The first kappa shape index (κ1) is 16.3. The highest BCUT2D eigenvalue weighted by Gasteiger charge is 2.22. The molecule has 1 heterocycles. The van der Waals surface area contributed by atoms with Crippen LogP contribution in [0.25, 0.3) is 0 Å². The van der Waals surface area contributed by atoms with Crippen LogP contribution in [0.15, 0.2) is 12.1 Å². The third-order valence-electron chi connectivity index (χ3n) is 4.58. The molecule has 1 aromatic carbocycles. The van der Waals surface area contributed by atoms with Crippen molar-refractivity contribution in [2.45, 2.75) is 46.6 Å². The first-order chi connectivity index (χ1) is 9.95. The summed E-state index contributed by atoms with van der Waals surface area (Å²) in [5.74, 6) is 1.69. The molecule has 1 aromatic rings. The highest BCUT2D eigenvalue weighted by Crippen LogP contribution is 2.23. The Bertz CT molecular complexity index is 473. The van der Waals surface area contributed by atoms with Gasteiger partial charge in [0.25, 0.3) is 0 Å². The molecule has 21 heavy (non-hydrogen) atoms. The Morgan fingerprint density at radius 1 is 1.33 bits per heavy atom. The SMILES string of the molecule is Cc1cc(C)c(C)c(OC[C@H](O)C[NH+]2CCC[C@H](C)C2)c1. The minimum Gasteiger partial charge on any atom is -0.490 e. The minimum atomic E-state index is -0.384. The highest BCUT2D eigenvalue weighted by molar-refractivity contribution is 5.41. The molecule has 2 rings (SSSR count). The molecule has 0 bridgehead atoms. The Morgan fingerprint density at radius 2 is 2.10 bits per heavy atom. The number of benzene rings is 1. The van der Waals surface area contributed by atoms with Gasteiger partial charge in [0, 0.05) is 5.92 Å². The molecule has 3 atom stereocenters. The van der Waals surface area contributed by atoms with Gasteiger partial charge in [-0.05, 0) is 56.4 Å². The number of piperidine rings is 1. The number of rotatable bonds is 5. The van der Waals surface area contributed by atoms with Crippen molar-refractivity contribution in [1.82, 2.24) is 0 Å². The van der Waals surface area contributed by atoms with Gasteiger partial charge in [-0.2, -0.15) is 0 Å². The quantitative estimate of drug-likeness (QED) is 0.865. The third kappa shape index (κ3) is 4.72. The van der Waals surface area contributed by atoms with Gasteiger partial charge in [-0.25, -0.2) is 0 Å². The first-order valence-corrected chi connectivity index (χ1v) is 8.18. The van der Waals surface area contributed by atoms with Crippen LogP contribution in [-0.4, -0.2) is 37.5 Å². The lowest BCUT2D eigenvalue weighted by atomic mass is 10.00. The molecule has 1 saturated heterocycles.